The number of fused-ring (bicyclic) bond motifs is 3. The molecule has 2 heterocycles. The minimum Gasteiger partial charge on any atom is -0.289 e. The van der Waals surface area contributed by atoms with E-state index >= 15 is 0 Å². The summed E-state index contributed by atoms with van der Waals surface area (Å²) < 4.78 is 41.6. The van der Waals surface area contributed by atoms with Crippen molar-refractivity contribution in [2.45, 2.75) is 0 Å². The first-order valence-corrected chi connectivity index (χ1v) is 6.69. The second-order valence-electron chi connectivity index (χ2n) is 5.06. The lowest BCUT2D eigenvalue weighted by Crippen LogP contribution is -2.15. The molecule has 1 N–H and O–H groups in total. The number of pyridine rings is 1. The molecular formula is C16H8F3N3O. The van der Waals surface area contributed by atoms with Gasteiger partial charge in [0, 0.05) is 17.6 Å². The van der Waals surface area contributed by atoms with Crippen molar-refractivity contribution < 1.29 is 13.2 Å². The molecule has 2 aromatic carbocycles. The number of rotatable bonds is 1. The second-order valence-corrected chi connectivity index (χ2v) is 5.06. The van der Waals surface area contributed by atoms with E-state index in [4.69, 9.17) is 0 Å². The molecule has 0 atom stereocenters. The first-order chi connectivity index (χ1) is 11.0. The Hall–Kier alpha value is -3.09. The van der Waals surface area contributed by atoms with Gasteiger partial charge in [0.05, 0.1) is 16.4 Å². The Bertz CT molecular complexity index is 1130. The van der Waals surface area contributed by atoms with Gasteiger partial charge in [-0.2, -0.15) is 0 Å². The lowest BCUT2D eigenvalue weighted by Gasteiger charge is -2.03. The molecule has 23 heavy (non-hydrogen) atoms. The fraction of sp³-hybridized carbons (Fsp3) is 0. The maximum absolute atomic E-state index is 13.9. The van der Waals surface area contributed by atoms with Gasteiger partial charge in [-0.25, -0.2) is 17.9 Å². The first kappa shape index (κ1) is 13.6. The maximum Gasteiger partial charge on any atom is 0.280 e. The number of nitrogens with zero attached hydrogens (tertiary/aromatic N) is 2. The Labute approximate surface area is 126 Å². The van der Waals surface area contributed by atoms with Gasteiger partial charge in [0.15, 0.2) is 0 Å². The van der Waals surface area contributed by atoms with Crippen molar-refractivity contribution in [3.8, 4) is 5.69 Å². The summed E-state index contributed by atoms with van der Waals surface area (Å²) in [6.45, 7) is 0. The third-order valence-electron chi connectivity index (χ3n) is 3.64. The molecule has 0 saturated carbocycles. The van der Waals surface area contributed by atoms with Crippen LogP contribution < -0.4 is 5.56 Å². The zero-order chi connectivity index (χ0) is 16.1. The number of H-pyrrole nitrogens is 1. The summed E-state index contributed by atoms with van der Waals surface area (Å²) >= 11 is 0. The third-order valence-corrected chi connectivity index (χ3v) is 3.64. The number of aromatic nitrogens is 3. The van der Waals surface area contributed by atoms with Crippen molar-refractivity contribution in [2.24, 2.45) is 0 Å². The first-order valence-electron chi connectivity index (χ1n) is 6.69. The van der Waals surface area contributed by atoms with E-state index in [2.05, 4.69) is 10.1 Å². The van der Waals surface area contributed by atoms with Gasteiger partial charge in [-0.15, -0.1) is 0 Å². The fourth-order valence-electron chi connectivity index (χ4n) is 2.56. The molecule has 0 amide bonds. The average Bonchev–Trinajstić information content (AvgIpc) is 2.87. The third kappa shape index (κ3) is 2.01. The molecule has 114 valence electrons. The van der Waals surface area contributed by atoms with Crippen molar-refractivity contribution in [1.82, 2.24) is 14.8 Å². The van der Waals surface area contributed by atoms with E-state index in [-0.39, 0.29) is 11.1 Å². The normalized spacial score (nSPS) is 11.4. The Morgan fingerprint density at radius 3 is 2.52 bits per heavy atom. The van der Waals surface area contributed by atoms with E-state index in [1.54, 1.807) is 0 Å². The molecule has 0 fully saturated rings. The molecule has 0 saturated heterocycles. The molecule has 0 aliphatic heterocycles. The number of hydrogen-bond acceptors (Lipinski definition) is 2. The number of nitrogens with one attached hydrogen (secondary N) is 1. The van der Waals surface area contributed by atoms with Gasteiger partial charge in [-0.1, -0.05) is 0 Å². The molecule has 4 rings (SSSR count). The van der Waals surface area contributed by atoms with E-state index in [1.807, 2.05) is 0 Å². The molecule has 2 aromatic heterocycles. The highest BCUT2D eigenvalue weighted by Crippen LogP contribution is 2.22. The van der Waals surface area contributed by atoms with Gasteiger partial charge >= 0.3 is 0 Å². The summed E-state index contributed by atoms with van der Waals surface area (Å²) in [5, 5.41) is 3.25. The van der Waals surface area contributed by atoms with Crippen LogP contribution in [0.25, 0.3) is 27.5 Å². The topological polar surface area (TPSA) is 50.7 Å². The lowest BCUT2D eigenvalue weighted by atomic mass is 10.2. The number of halogens is 3. The van der Waals surface area contributed by atoms with Crippen LogP contribution in [0.1, 0.15) is 0 Å². The van der Waals surface area contributed by atoms with Crippen LogP contribution in [0.3, 0.4) is 0 Å². The monoisotopic (exact) mass is 315 g/mol. The molecule has 0 unspecified atom stereocenters. The quantitative estimate of drug-likeness (QED) is 0.586. The molecular weight excluding hydrogens is 307 g/mol. The average molecular weight is 315 g/mol. The fourth-order valence-corrected chi connectivity index (χ4v) is 2.56. The molecule has 0 aliphatic rings. The van der Waals surface area contributed by atoms with Crippen LogP contribution in [0, 0.1) is 17.5 Å². The summed E-state index contributed by atoms with van der Waals surface area (Å²) in [7, 11) is 0. The summed E-state index contributed by atoms with van der Waals surface area (Å²) in [6, 6.07) is 6.75. The van der Waals surface area contributed by atoms with E-state index in [1.165, 1.54) is 24.4 Å². The van der Waals surface area contributed by atoms with Crippen molar-refractivity contribution in [3.05, 3.63) is 70.4 Å². The Morgan fingerprint density at radius 2 is 1.70 bits per heavy atom. The van der Waals surface area contributed by atoms with Gasteiger partial charge in [-0.05, 0) is 30.3 Å². The molecule has 4 nitrogen and oxygen atoms in total. The van der Waals surface area contributed by atoms with Crippen LogP contribution in [-0.2, 0) is 0 Å². The summed E-state index contributed by atoms with van der Waals surface area (Å²) in [5.74, 6) is -1.93. The number of aromatic amines is 1. The van der Waals surface area contributed by atoms with Crippen LogP contribution in [0.4, 0.5) is 13.2 Å². The summed E-state index contributed by atoms with van der Waals surface area (Å²) in [4.78, 5) is 16.5. The second kappa shape index (κ2) is 4.70. The molecule has 0 radical (unpaired) electrons. The molecule has 0 bridgehead atoms. The van der Waals surface area contributed by atoms with Crippen molar-refractivity contribution in [3.63, 3.8) is 0 Å². The molecule has 0 aliphatic carbocycles. The minimum atomic E-state index is -0.761. The minimum absolute atomic E-state index is 0.159. The standard InChI is InChI=1S/C16H8F3N3O/c17-8-2-4-13-10(5-8)15-11(7-20-13)16(23)22(21-15)14-6-9(18)1-3-12(14)19/h1-7,21H. The maximum atomic E-state index is 13.9. The number of hydrogen-bond donors (Lipinski definition) is 1. The van der Waals surface area contributed by atoms with E-state index in [0.717, 1.165) is 22.9 Å². The summed E-state index contributed by atoms with van der Waals surface area (Å²) in [6.07, 6.45) is 1.32. The molecule has 7 heteroatoms. The predicted molar refractivity (Wildman–Crippen MR) is 79.1 cm³/mol. The van der Waals surface area contributed by atoms with Crippen molar-refractivity contribution in [2.75, 3.05) is 0 Å². The van der Waals surface area contributed by atoms with Gasteiger partial charge in [0.2, 0.25) is 0 Å². The van der Waals surface area contributed by atoms with Gasteiger partial charge < -0.3 is 0 Å². The van der Waals surface area contributed by atoms with Crippen LogP contribution in [0.2, 0.25) is 0 Å². The van der Waals surface area contributed by atoms with Gasteiger partial charge in [-0.3, -0.25) is 14.9 Å². The van der Waals surface area contributed by atoms with Crippen LogP contribution in [0.5, 0.6) is 0 Å². The Kier molecular flexibility index (Phi) is 2.77. The summed E-state index contributed by atoms with van der Waals surface area (Å²) in [5.41, 5.74) is -0.0610. The van der Waals surface area contributed by atoms with Crippen LogP contribution in [0.15, 0.2) is 47.4 Å². The molecule has 0 spiro atoms. The highest BCUT2D eigenvalue weighted by molar-refractivity contribution is 6.02. The highest BCUT2D eigenvalue weighted by atomic mass is 19.1. The van der Waals surface area contributed by atoms with Gasteiger partial charge in [0.25, 0.3) is 5.56 Å². The smallest absolute Gasteiger partial charge is 0.280 e. The Balaban J connectivity index is 2.12. The van der Waals surface area contributed by atoms with Crippen LogP contribution >= 0.6 is 0 Å². The Morgan fingerprint density at radius 1 is 0.957 bits per heavy atom. The zero-order valence-electron chi connectivity index (χ0n) is 11.5. The van der Waals surface area contributed by atoms with E-state index in [0.29, 0.717) is 16.4 Å². The van der Waals surface area contributed by atoms with Crippen LogP contribution in [-0.4, -0.2) is 14.8 Å². The SMILES string of the molecule is O=c1c2cnc3ccc(F)cc3c2[nH]n1-c1cc(F)ccc1F. The van der Waals surface area contributed by atoms with Crippen molar-refractivity contribution >= 4 is 21.8 Å². The highest BCUT2D eigenvalue weighted by Gasteiger charge is 2.15. The van der Waals surface area contributed by atoms with Crippen molar-refractivity contribution in [1.29, 1.82) is 0 Å². The largest absolute Gasteiger partial charge is 0.289 e. The lowest BCUT2D eigenvalue weighted by molar-refractivity contribution is 0.585. The van der Waals surface area contributed by atoms with E-state index in [9.17, 15) is 18.0 Å². The van der Waals surface area contributed by atoms with Gasteiger partial charge in [0.1, 0.15) is 23.1 Å². The molecule has 4 aromatic rings. The van der Waals surface area contributed by atoms with E-state index < -0.39 is 23.0 Å². The predicted octanol–water partition coefficient (Wildman–Crippen LogP) is 3.28. The number of benzene rings is 2. The zero-order valence-corrected chi connectivity index (χ0v) is 11.5.